The van der Waals surface area contributed by atoms with Crippen LogP contribution in [-0.4, -0.2) is 23.5 Å². The van der Waals surface area contributed by atoms with Gasteiger partial charge < -0.3 is 15.4 Å². The average Bonchev–Trinajstić information content (AvgIpc) is 2.53. The predicted molar refractivity (Wildman–Crippen MR) is 104 cm³/mol. The normalized spacial score (nSPS) is 11.2. The van der Waals surface area contributed by atoms with Gasteiger partial charge in [0.1, 0.15) is 5.75 Å². The van der Waals surface area contributed by atoms with E-state index in [4.69, 9.17) is 4.74 Å². The van der Waals surface area contributed by atoms with Gasteiger partial charge in [0.25, 0.3) is 11.8 Å². The summed E-state index contributed by atoms with van der Waals surface area (Å²) in [5.41, 5.74) is 1.32. The first-order valence-corrected chi connectivity index (χ1v) is 8.65. The summed E-state index contributed by atoms with van der Waals surface area (Å²) in [7, 11) is 0. The third kappa shape index (κ3) is 5.62. The van der Waals surface area contributed by atoms with E-state index >= 15 is 0 Å². The molecule has 5 nitrogen and oxygen atoms in total. The topological polar surface area (TPSA) is 67.4 Å². The quantitative estimate of drug-likeness (QED) is 0.843. The Morgan fingerprint density at radius 2 is 1.54 bits per heavy atom. The van der Waals surface area contributed by atoms with E-state index in [0.717, 1.165) is 0 Å². The van der Waals surface area contributed by atoms with Crippen LogP contribution in [0.1, 0.15) is 55.3 Å². The molecule has 0 saturated carbocycles. The summed E-state index contributed by atoms with van der Waals surface area (Å²) >= 11 is 0. The summed E-state index contributed by atoms with van der Waals surface area (Å²) in [6.07, 6.45) is -0.0236. The van der Waals surface area contributed by atoms with Crippen LogP contribution >= 0.6 is 0 Å². The Kier molecular flexibility index (Phi) is 6.03. The minimum atomic E-state index is -0.301. The van der Waals surface area contributed by atoms with Crippen LogP contribution in [0.4, 0.5) is 5.69 Å². The highest BCUT2D eigenvalue weighted by atomic mass is 16.5. The number of amides is 2. The van der Waals surface area contributed by atoms with Crippen LogP contribution in [-0.2, 0) is 0 Å². The molecule has 0 radical (unpaired) electrons. The second-order valence-electron chi connectivity index (χ2n) is 7.40. The van der Waals surface area contributed by atoms with Crippen molar-refractivity contribution in [2.45, 2.75) is 46.3 Å². The Labute approximate surface area is 154 Å². The van der Waals surface area contributed by atoms with E-state index in [1.807, 2.05) is 40.7 Å². The van der Waals surface area contributed by atoms with Crippen molar-refractivity contribution >= 4 is 17.5 Å². The molecule has 0 bridgehead atoms. The maximum absolute atomic E-state index is 12.6. The predicted octanol–water partition coefficient (Wildman–Crippen LogP) is 4.25. The van der Waals surface area contributed by atoms with Crippen molar-refractivity contribution < 1.29 is 14.3 Å². The summed E-state index contributed by atoms with van der Waals surface area (Å²) in [4.78, 5) is 24.7. The number of carbonyl (C=O) groups excluding carboxylic acids is 2. The SMILES string of the molecule is CC(C)Oc1ccccc1C(=O)Nc1ccc(C(=O)NC(C)(C)C)cc1. The number of ether oxygens (including phenoxy) is 1. The monoisotopic (exact) mass is 354 g/mol. The summed E-state index contributed by atoms with van der Waals surface area (Å²) < 4.78 is 5.69. The van der Waals surface area contributed by atoms with Crippen LogP contribution in [0, 0.1) is 0 Å². The number of hydrogen-bond acceptors (Lipinski definition) is 3. The molecule has 0 aliphatic heterocycles. The Morgan fingerprint density at radius 1 is 0.923 bits per heavy atom. The van der Waals surface area contributed by atoms with E-state index in [1.165, 1.54) is 0 Å². The molecule has 0 atom stereocenters. The molecule has 0 saturated heterocycles. The molecule has 0 heterocycles. The van der Waals surface area contributed by atoms with Crippen LogP contribution in [0.5, 0.6) is 5.75 Å². The minimum absolute atomic E-state index is 0.0236. The largest absolute Gasteiger partial charge is 0.490 e. The summed E-state index contributed by atoms with van der Waals surface area (Å²) in [5.74, 6) is 0.139. The van der Waals surface area contributed by atoms with Crippen LogP contribution in [0.2, 0.25) is 0 Å². The lowest BCUT2D eigenvalue weighted by Gasteiger charge is -2.20. The zero-order valence-corrected chi connectivity index (χ0v) is 15.9. The number of rotatable bonds is 5. The van der Waals surface area contributed by atoms with Gasteiger partial charge in [0.2, 0.25) is 0 Å². The van der Waals surface area contributed by atoms with E-state index in [-0.39, 0.29) is 23.5 Å². The molecule has 0 aromatic heterocycles. The zero-order valence-electron chi connectivity index (χ0n) is 15.9. The second-order valence-corrected chi connectivity index (χ2v) is 7.40. The Bertz CT molecular complexity index is 775. The van der Waals surface area contributed by atoms with Crippen LogP contribution in [0.25, 0.3) is 0 Å². The number of hydrogen-bond donors (Lipinski definition) is 2. The lowest BCUT2D eigenvalue weighted by Crippen LogP contribution is -2.40. The molecule has 0 unspecified atom stereocenters. The van der Waals surface area contributed by atoms with Gasteiger partial charge in [-0.05, 0) is 71.0 Å². The highest BCUT2D eigenvalue weighted by molar-refractivity contribution is 6.06. The van der Waals surface area contributed by atoms with Gasteiger partial charge in [-0.2, -0.15) is 0 Å². The average molecular weight is 354 g/mol. The van der Waals surface area contributed by atoms with Crippen molar-refractivity contribution in [2.24, 2.45) is 0 Å². The molecule has 0 aliphatic rings. The fourth-order valence-corrected chi connectivity index (χ4v) is 2.33. The van der Waals surface area contributed by atoms with Crippen molar-refractivity contribution in [1.29, 1.82) is 0 Å². The third-order valence-corrected chi connectivity index (χ3v) is 3.39. The van der Waals surface area contributed by atoms with Crippen LogP contribution < -0.4 is 15.4 Å². The molecular formula is C21H26N2O3. The summed E-state index contributed by atoms with van der Waals surface area (Å²) in [6.45, 7) is 9.61. The number of benzene rings is 2. The zero-order chi connectivity index (χ0) is 19.3. The maximum Gasteiger partial charge on any atom is 0.259 e. The van der Waals surface area contributed by atoms with E-state index in [1.54, 1.807) is 42.5 Å². The Balaban J connectivity index is 2.10. The van der Waals surface area contributed by atoms with E-state index in [0.29, 0.717) is 22.6 Å². The molecule has 138 valence electrons. The van der Waals surface area contributed by atoms with Gasteiger partial charge in [0, 0.05) is 16.8 Å². The van der Waals surface area contributed by atoms with Crippen LogP contribution in [0.3, 0.4) is 0 Å². The lowest BCUT2D eigenvalue weighted by atomic mass is 10.1. The number of nitrogens with one attached hydrogen (secondary N) is 2. The molecular weight excluding hydrogens is 328 g/mol. The molecule has 2 amide bonds. The first kappa shape index (κ1) is 19.5. The van der Waals surface area contributed by atoms with Gasteiger partial charge in [-0.15, -0.1) is 0 Å². The van der Waals surface area contributed by atoms with Gasteiger partial charge in [0.15, 0.2) is 0 Å². The molecule has 2 aromatic rings. The number of para-hydroxylation sites is 1. The summed E-state index contributed by atoms with van der Waals surface area (Å²) in [6, 6.07) is 13.9. The number of carbonyl (C=O) groups is 2. The maximum atomic E-state index is 12.6. The molecule has 2 aromatic carbocycles. The molecule has 0 aliphatic carbocycles. The molecule has 26 heavy (non-hydrogen) atoms. The van der Waals surface area contributed by atoms with Crippen molar-refractivity contribution in [3.05, 3.63) is 59.7 Å². The first-order valence-electron chi connectivity index (χ1n) is 8.65. The fraction of sp³-hybridized carbons (Fsp3) is 0.333. The van der Waals surface area contributed by atoms with Gasteiger partial charge >= 0.3 is 0 Å². The third-order valence-electron chi connectivity index (χ3n) is 3.39. The van der Waals surface area contributed by atoms with Crippen molar-refractivity contribution in [2.75, 3.05) is 5.32 Å². The van der Waals surface area contributed by atoms with Crippen LogP contribution in [0.15, 0.2) is 48.5 Å². The highest BCUT2D eigenvalue weighted by Crippen LogP contribution is 2.21. The van der Waals surface area contributed by atoms with Crippen molar-refractivity contribution in [3.63, 3.8) is 0 Å². The van der Waals surface area contributed by atoms with Gasteiger partial charge in [-0.3, -0.25) is 9.59 Å². The van der Waals surface area contributed by atoms with Crippen molar-refractivity contribution in [3.8, 4) is 5.75 Å². The molecule has 5 heteroatoms. The molecule has 0 fully saturated rings. The van der Waals surface area contributed by atoms with E-state index in [9.17, 15) is 9.59 Å². The Hall–Kier alpha value is -2.82. The minimum Gasteiger partial charge on any atom is -0.490 e. The highest BCUT2D eigenvalue weighted by Gasteiger charge is 2.16. The molecule has 2 rings (SSSR count). The molecule has 0 spiro atoms. The van der Waals surface area contributed by atoms with Crippen molar-refractivity contribution in [1.82, 2.24) is 5.32 Å². The number of anilines is 1. The molecule has 2 N–H and O–H groups in total. The van der Waals surface area contributed by atoms with Gasteiger partial charge in [-0.1, -0.05) is 12.1 Å². The second kappa shape index (κ2) is 8.04. The van der Waals surface area contributed by atoms with Gasteiger partial charge in [-0.25, -0.2) is 0 Å². The van der Waals surface area contributed by atoms with E-state index < -0.39 is 0 Å². The Morgan fingerprint density at radius 3 is 2.12 bits per heavy atom. The van der Waals surface area contributed by atoms with Gasteiger partial charge in [0.05, 0.1) is 11.7 Å². The van der Waals surface area contributed by atoms with E-state index in [2.05, 4.69) is 10.6 Å². The summed E-state index contributed by atoms with van der Waals surface area (Å²) in [5, 5.41) is 5.74. The fourth-order valence-electron chi connectivity index (χ4n) is 2.33. The standard InChI is InChI=1S/C21H26N2O3/c1-14(2)26-18-9-7-6-8-17(18)20(25)22-16-12-10-15(11-13-16)19(24)23-21(3,4)5/h6-14H,1-5H3,(H,22,25)(H,23,24). The first-order chi connectivity index (χ1) is 12.2. The smallest absolute Gasteiger partial charge is 0.259 e. The lowest BCUT2D eigenvalue weighted by molar-refractivity contribution is 0.0919.